The van der Waals surface area contributed by atoms with Gasteiger partial charge >= 0.3 is 0 Å². The smallest absolute Gasteiger partial charge is 0.236 e. The summed E-state index contributed by atoms with van der Waals surface area (Å²) in [5.74, 6) is 0.409. The van der Waals surface area contributed by atoms with Crippen molar-refractivity contribution in [3.8, 4) is 0 Å². The van der Waals surface area contributed by atoms with Crippen LogP contribution in [0, 0.1) is 5.92 Å². The molecule has 1 aromatic heterocycles. The van der Waals surface area contributed by atoms with E-state index in [0.29, 0.717) is 25.2 Å². The molecule has 3 rings (SSSR count). The second-order valence-electron chi connectivity index (χ2n) is 8.99. The zero-order valence-electron chi connectivity index (χ0n) is 18.7. The number of piperidine rings is 2. The zero-order chi connectivity index (χ0) is 21.5. The number of hydrogen-bond acceptors (Lipinski definition) is 5. The number of nitrogens with one attached hydrogen (secondary N) is 1. The highest BCUT2D eigenvalue weighted by molar-refractivity contribution is 5.79. The predicted molar refractivity (Wildman–Crippen MR) is 118 cm³/mol. The molecule has 166 valence electrons. The van der Waals surface area contributed by atoms with Crippen molar-refractivity contribution in [3.63, 3.8) is 0 Å². The molecule has 2 aliphatic rings. The van der Waals surface area contributed by atoms with E-state index in [0.717, 1.165) is 57.6 Å². The van der Waals surface area contributed by atoms with E-state index in [-0.39, 0.29) is 17.7 Å². The molecule has 2 fully saturated rings. The summed E-state index contributed by atoms with van der Waals surface area (Å²) in [5.41, 5.74) is 0.888. The van der Waals surface area contributed by atoms with Crippen molar-refractivity contribution in [3.05, 3.63) is 30.1 Å². The Balaban J connectivity index is 1.43. The molecule has 0 aromatic carbocycles. The number of likely N-dealkylation sites (N-methyl/N-ethyl adjacent to an activating group) is 1. The fourth-order valence-electron chi connectivity index (χ4n) is 4.35. The molecule has 2 saturated heterocycles. The molecule has 3 heterocycles. The van der Waals surface area contributed by atoms with Gasteiger partial charge in [-0.05, 0) is 65.3 Å². The van der Waals surface area contributed by atoms with Gasteiger partial charge in [0.05, 0.1) is 24.7 Å². The number of nitrogens with zero attached hydrogens (tertiary/aromatic N) is 4. The molecule has 7 nitrogen and oxygen atoms in total. The van der Waals surface area contributed by atoms with Crippen molar-refractivity contribution < 1.29 is 9.59 Å². The summed E-state index contributed by atoms with van der Waals surface area (Å²) in [6, 6.07) is 6.60. The molecule has 0 bridgehead atoms. The second kappa shape index (κ2) is 10.9. The Labute approximate surface area is 180 Å². The van der Waals surface area contributed by atoms with Crippen LogP contribution in [0.1, 0.15) is 45.2 Å². The van der Waals surface area contributed by atoms with Crippen LogP contribution in [0.2, 0.25) is 0 Å². The Morgan fingerprint density at radius 1 is 1.20 bits per heavy atom. The lowest BCUT2D eigenvalue weighted by molar-refractivity contribution is -0.134. The van der Waals surface area contributed by atoms with Gasteiger partial charge in [-0.15, -0.1) is 0 Å². The molecular formula is C23H37N5O2. The number of hydrogen-bond donors (Lipinski definition) is 1. The highest BCUT2D eigenvalue weighted by Gasteiger charge is 2.32. The first-order valence-electron chi connectivity index (χ1n) is 11.3. The number of carbonyl (C=O) groups excluding carboxylic acids is 2. The molecular weight excluding hydrogens is 378 g/mol. The third-order valence-electron chi connectivity index (χ3n) is 6.59. The van der Waals surface area contributed by atoms with Crippen LogP contribution < -0.4 is 5.32 Å². The summed E-state index contributed by atoms with van der Waals surface area (Å²) in [6.45, 7) is 8.72. The minimum absolute atomic E-state index is 0.0433. The van der Waals surface area contributed by atoms with Gasteiger partial charge in [0.15, 0.2) is 0 Å². The van der Waals surface area contributed by atoms with Crippen LogP contribution in [0.3, 0.4) is 0 Å². The van der Waals surface area contributed by atoms with Gasteiger partial charge in [-0.1, -0.05) is 6.07 Å². The Kier molecular flexibility index (Phi) is 8.22. The first kappa shape index (κ1) is 22.7. The number of aromatic nitrogens is 1. The number of rotatable bonds is 7. The lowest BCUT2D eigenvalue weighted by Gasteiger charge is -2.42. The molecule has 0 spiro atoms. The van der Waals surface area contributed by atoms with E-state index in [1.165, 1.54) is 0 Å². The highest BCUT2D eigenvalue weighted by Crippen LogP contribution is 2.24. The maximum atomic E-state index is 12.7. The van der Waals surface area contributed by atoms with E-state index >= 15 is 0 Å². The number of carbonyl (C=O) groups is 2. The van der Waals surface area contributed by atoms with Crippen molar-refractivity contribution in [2.75, 3.05) is 39.8 Å². The van der Waals surface area contributed by atoms with Gasteiger partial charge in [-0.3, -0.25) is 24.4 Å². The van der Waals surface area contributed by atoms with Crippen molar-refractivity contribution in [1.82, 2.24) is 25.0 Å². The van der Waals surface area contributed by atoms with Gasteiger partial charge in [-0.2, -0.15) is 0 Å². The summed E-state index contributed by atoms with van der Waals surface area (Å²) >= 11 is 0. The number of pyridine rings is 1. The molecule has 1 N–H and O–H groups in total. The van der Waals surface area contributed by atoms with Crippen molar-refractivity contribution >= 4 is 11.8 Å². The van der Waals surface area contributed by atoms with E-state index in [1.807, 2.05) is 30.1 Å². The van der Waals surface area contributed by atoms with Gasteiger partial charge in [0.2, 0.25) is 11.8 Å². The summed E-state index contributed by atoms with van der Waals surface area (Å²) in [6.07, 6.45) is 5.75. The van der Waals surface area contributed by atoms with E-state index < -0.39 is 0 Å². The van der Waals surface area contributed by atoms with Gasteiger partial charge in [0, 0.05) is 37.9 Å². The van der Waals surface area contributed by atoms with E-state index in [4.69, 9.17) is 0 Å². The summed E-state index contributed by atoms with van der Waals surface area (Å²) < 4.78 is 0. The van der Waals surface area contributed by atoms with Gasteiger partial charge in [-0.25, -0.2) is 0 Å². The molecule has 0 unspecified atom stereocenters. The standard InChI is InChI=1S/C23H37N5O2/c1-18(2)26(3)17-22(29)27-13-9-21(10-14-27)28-12-6-7-19(16-28)23(30)25-15-20-8-4-5-11-24-20/h4-5,8,11,18-19,21H,6-7,9-10,12-17H2,1-3H3,(H,25,30)/t19-/m0/s1. The maximum absolute atomic E-state index is 12.7. The lowest BCUT2D eigenvalue weighted by atomic mass is 9.93. The van der Waals surface area contributed by atoms with Gasteiger partial charge in [0.25, 0.3) is 0 Å². The van der Waals surface area contributed by atoms with Crippen LogP contribution in [-0.4, -0.2) is 83.4 Å². The van der Waals surface area contributed by atoms with Crippen LogP contribution in [-0.2, 0) is 16.1 Å². The quantitative estimate of drug-likeness (QED) is 0.735. The Morgan fingerprint density at radius 2 is 1.97 bits per heavy atom. The molecule has 30 heavy (non-hydrogen) atoms. The molecule has 2 amide bonds. The second-order valence-corrected chi connectivity index (χ2v) is 8.99. The van der Waals surface area contributed by atoms with Gasteiger partial charge < -0.3 is 10.2 Å². The zero-order valence-corrected chi connectivity index (χ0v) is 18.7. The molecule has 1 atom stereocenters. The minimum atomic E-state index is 0.0433. The van der Waals surface area contributed by atoms with Crippen LogP contribution in [0.5, 0.6) is 0 Å². The SMILES string of the molecule is CC(C)N(C)CC(=O)N1CCC(N2CCC[C@H](C(=O)NCc3ccccn3)C2)CC1. The fraction of sp³-hybridized carbons (Fsp3) is 0.696. The lowest BCUT2D eigenvalue weighted by Crippen LogP contribution is -2.52. The molecule has 0 aliphatic carbocycles. The first-order valence-corrected chi connectivity index (χ1v) is 11.3. The Bertz CT molecular complexity index is 688. The summed E-state index contributed by atoms with van der Waals surface area (Å²) in [4.78, 5) is 36.1. The van der Waals surface area contributed by atoms with E-state index in [9.17, 15) is 9.59 Å². The molecule has 0 radical (unpaired) electrons. The van der Waals surface area contributed by atoms with E-state index in [1.54, 1.807) is 6.20 Å². The average molecular weight is 416 g/mol. The van der Waals surface area contributed by atoms with Crippen LogP contribution in [0.25, 0.3) is 0 Å². The third-order valence-corrected chi connectivity index (χ3v) is 6.59. The Hall–Kier alpha value is -1.99. The van der Waals surface area contributed by atoms with Crippen molar-refractivity contribution in [2.45, 2.75) is 58.2 Å². The summed E-state index contributed by atoms with van der Waals surface area (Å²) in [7, 11) is 2.00. The van der Waals surface area contributed by atoms with Crippen LogP contribution in [0.4, 0.5) is 0 Å². The minimum Gasteiger partial charge on any atom is -0.350 e. The summed E-state index contributed by atoms with van der Waals surface area (Å²) in [5, 5.41) is 3.06. The molecule has 7 heteroatoms. The fourth-order valence-corrected chi connectivity index (χ4v) is 4.35. The number of amides is 2. The third kappa shape index (κ3) is 6.25. The highest BCUT2D eigenvalue weighted by atomic mass is 16.2. The molecule has 0 saturated carbocycles. The number of likely N-dealkylation sites (tertiary alicyclic amines) is 2. The van der Waals surface area contributed by atoms with Crippen molar-refractivity contribution in [1.29, 1.82) is 0 Å². The normalized spacial score (nSPS) is 21.2. The Morgan fingerprint density at radius 3 is 2.63 bits per heavy atom. The van der Waals surface area contributed by atoms with Crippen LogP contribution >= 0.6 is 0 Å². The first-order chi connectivity index (χ1) is 14.4. The molecule has 1 aromatic rings. The topological polar surface area (TPSA) is 68.8 Å². The van der Waals surface area contributed by atoms with E-state index in [2.05, 4.69) is 33.9 Å². The largest absolute Gasteiger partial charge is 0.350 e. The van der Waals surface area contributed by atoms with Gasteiger partial charge in [0.1, 0.15) is 0 Å². The van der Waals surface area contributed by atoms with Crippen LogP contribution in [0.15, 0.2) is 24.4 Å². The average Bonchev–Trinajstić information content (AvgIpc) is 2.78. The predicted octanol–water partition coefficient (Wildman–Crippen LogP) is 1.74. The van der Waals surface area contributed by atoms with Crippen molar-refractivity contribution in [2.24, 2.45) is 5.92 Å². The molecule has 2 aliphatic heterocycles. The monoisotopic (exact) mass is 415 g/mol. The maximum Gasteiger partial charge on any atom is 0.236 e.